The molecule has 0 aliphatic carbocycles. The van der Waals surface area contributed by atoms with Crippen LogP contribution in [0.4, 0.5) is 0 Å². The minimum atomic E-state index is -0.190. The number of para-hydroxylation sites is 1. The van der Waals surface area contributed by atoms with Gasteiger partial charge in [0.25, 0.3) is 5.56 Å². The van der Waals surface area contributed by atoms with Crippen molar-refractivity contribution in [3.8, 4) is 5.75 Å². The highest BCUT2D eigenvalue weighted by molar-refractivity contribution is 7.71. The molecular weight excluding hydrogens is 386 g/mol. The van der Waals surface area contributed by atoms with Gasteiger partial charge in [0.05, 0.1) is 17.4 Å². The molecule has 0 atom stereocenters. The van der Waals surface area contributed by atoms with Crippen LogP contribution in [0.15, 0.2) is 53.3 Å². The molecule has 0 bridgehead atoms. The van der Waals surface area contributed by atoms with Gasteiger partial charge in [-0.2, -0.15) is 0 Å². The molecule has 6 nitrogen and oxygen atoms in total. The summed E-state index contributed by atoms with van der Waals surface area (Å²) in [7, 11) is 0. The van der Waals surface area contributed by atoms with Gasteiger partial charge in [0.2, 0.25) is 5.91 Å². The van der Waals surface area contributed by atoms with Crippen LogP contribution in [0, 0.1) is 4.77 Å². The van der Waals surface area contributed by atoms with Gasteiger partial charge in [0.15, 0.2) is 4.77 Å². The van der Waals surface area contributed by atoms with E-state index < -0.39 is 0 Å². The van der Waals surface area contributed by atoms with Crippen molar-refractivity contribution in [2.45, 2.75) is 32.7 Å². The molecule has 29 heavy (non-hydrogen) atoms. The number of amides is 1. The number of H-pyrrole nitrogens is 1. The Bertz CT molecular complexity index is 1100. The number of nitrogens with zero attached hydrogens (tertiary/aromatic N) is 1. The van der Waals surface area contributed by atoms with Gasteiger partial charge in [-0.25, -0.2) is 0 Å². The van der Waals surface area contributed by atoms with Crippen molar-refractivity contribution in [2.24, 2.45) is 0 Å². The molecule has 0 fully saturated rings. The Balaban J connectivity index is 1.47. The van der Waals surface area contributed by atoms with Crippen molar-refractivity contribution in [3.63, 3.8) is 0 Å². The molecule has 0 aliphatic rings. The topological polar surface area (TPSA) is 76.1 Å². The second-order valence-corrected chi connectivity index (χ2v) is 7.49. The van der Waals surface area contributed by atoms with Gasteiger partial charge in [-0.3, -0.25) is 14.2 Å². The van der Waals surface area contributed by atoms with Crippen molar-refractivity contribution in [1.82, 2.24) is 14.9 Å². The third kappa shape index (κ3) is 5.32. The molecule has 0 aliphatic heterocycles. The van der Waals surface area contributed by atoms with Gasteiger partial charge >= 0.3 is 0 Å². The smallest absolute Gasteiger partial charge is 0.262 e. The maximum Gasteiger partial charge on any atom is 0.262 e. The summed E-state index contributed by atoms with van der Waals surface area (Å²) in [5.41, 5.74) is 1.76. The zero-order valence-corrected chi connectivity index (χ0v) is 17.4. The molecule has 0 radical (unpaired) electrons. The number of aromatic amines is 1. The third-order valence-electron chi connectivity index (χ3n) is 4.69. The molecule has 3 rings (SSSR count). The maximum atomic E-state index is 12.6. The van der Waals surface area contributed by atoms with Crippen molar-refractivity contribution in [3.05, 3.63) is 69.2 Å². The molecule has 0 unspecified atom stereocenters. The first kappa shape index (κ1) is 20.8. The van der Waals surface area contributed by atoms with Crippen molar-refractivity contribution >= 4 is 29.0 Å². The molecule has 2 N–H and O–H groups in total. The van der Waals surface area contributed by atoms with Crippen LogP contribution in [-0.2, 0) is 11.3 Å². The molecule has 3 aromatic rings. The van der Waals surface area contributed by atoms with Gasteiger partial charge < -0.3 is 15.0 Å². The molecule has 0 saturated heterocycles. The quantitative estimate of drug-likeness (QED) is 0.437. The molecule has 1 aromatic heterocycles. The van der Waals surface area contributed by atoms with Crippen LogP contribution in [0.2, 0.25) is 0 Å². The van der Waals surface area contributed by atoms with Crippen LogP contribution in [0.1, 0.15) is 31.7 Å². The summed E-state index contributed by atoms with van der Waals surface area (Å²) >= 11 is 5.26. The second kappa shape index (κ2) is 9.52. The van der Waals surface area contributed by atoms with Crippen LogP contribution < -0.4 is 15.6 Å². The van der Waals surface area contributed by atoms with E-state index in [0.717, 1.165) is 5.75 Å². The lowest BCUT2D eigenvalue weighted by Crippen LogP contribution is -2.30. The Morgan fingerprint density at radius 2 is 1.90 bits per heavy atom. The van der Waals surface area contributed by atoms with Gasteiger partial charge in [-0.1, -0.05) is 38.1 Å². The third-order valence-corrected chi connectivity index (χ3v) is 5.01. The van der Waals surface area contributed by atoms with Gasteiger partial charge in [-0.05, 0) is 48.0 Å². The SMILES string of the molecule is CC(C)c1ccc(OCCNC(=O)CCn2c(=S)[nH]c3ccccc3c2=O)cc1. The highest BCUT2D eigenvalue weighted by Crippen LogP contribution is 2.18. The minimum absolute atomic E-state index is 0.154. The average molecular weight is 412 g/mol. The summed E-state index contributed by atoms with van der Waals surface area (Å²) in [4.78, 5) is 27.7. The minimum Gasteiger partial charge on any atom is -0.492 e. The van der Waals surface area contributed by atoms with Gasteiger partial charge in [0, 0.05) is 13.0 Å². The number of hydrogen-bond acceptors (Lipinski definition) is 4. The van der Waals surface area contributed by atoms with Crippen molar-refractivity contribution < 1.29 is 9.53 Å². The highest BCUT2D eigenvalue weighted by Gasteiger charge is 2.08. The predicted molar refractivity (Wildman–Crippen MR) is 117 cm³/mol. The van der Waals surface area contributed by atoms with E-state index in [4.69, 9.17) is 17.0 Å². The molecule has 0 spiro atoms. The van der Waals surface area contributed by atoms with E-state index in [1.54, 1.807) is 18.2 Å². The summed E-state index contributed by atoms with van der Waals surface area (Å²) in [6.45, 7) is 5.28. The normalized spacial score (nSPS) is 11.0. The van der Waals surface area contributed by atoms with Crippen LogP contribution in [0.25, 0.3) is 10.9 Å². The summed E-state index contributed by atoms with van der Waals surface area (Å²) < 4.78 is 7.38. The fraction of sp³-hybridized carbons (Fsp3) is 0.318. The standard InChI is InChI=1S/C22H25N3O3S/c1-15(2)16-7-9-17(10-8-16)28-14-12-23-20(26)11-13-25-21(27)18-5-3-4-6-19(18)24-22(25)29/h3-10,15H,11-14H2,1-2H3,(H,23,26)(H,24,29). The van der Waals surface area contributed by atoms with Crippen molar-refractivity contribution in [2.75, 3.05) is 13.2 Å². The van der Waals surface area contributed by atoms with E-state index in [2.05, 4.69) is 24.1 Å². The summed E-state index contributed by atoms with van der Waals surface area (Å²) in [6, 6.07) is 15.1. The number of benzene rings is 2. The average Bonchev–Trinajstić information content (AvgIpc) is 2.71. The van der Waals surface area contributed by atoms with E-state index >= 15 is 0 Å². The molecule has 0 saturated carbocycles. The van der Waals surface area contributed by atoms with E-state index in [-0.39, 0.29) is 24.4 Å². The largest absolute Gasteiger partial charge is 0.492 e. The Morgan fingerprint density at radius 3 is 2.62 bits per heavy atom. The maximum absolute atomic E-state index is 12.6. The number of carbonyl (C=O) groups is 1. The summed E-state index contributed by atoms with van der Waals surface area (Å²) in [5, 5.41) is 3.36. The number of fused-ring (bicyclic) bond motifs is 1. The van der Waals surface area contributed by atoms with Crippen LogP contribution >= 0.6 is 12.2 Å². The second-order valence-electron chi connectivity index (χ2n) is 7.10. The number of hydrogen-bond donors (Lipinski definition) is 2. The van der Waals surface area contributed by atoms with Crippen LogP contribution in [0.3, 0.4) is 0 Å². The van der Waals surface area contributed by atoms with E-state index in [1.165, 1.54) is 10.1 Å². The van der Waals surface area contributed by atoms with Gasteiger partial charge in [-0.15, -0.1) is 0 Å². The predicted octanol–water partition coefficient (Wildman–Crippen LogP) is 3.77. The number of carbonyl (C=O) groups excluding carboxylic acids is 1. The highest BCUT2D eigenvalue weighted by atomic mass is 32.1. The molecule has 2 aromatic carbocycles. The zero-order chi connectivity index (χ0) is 20.8. The first-order chi connectivity index (χ1) is 14.0. The summed E-state index contributed by atoms with van der Waals surface area (Å²) in [5.74, 6) is 1.10. The molecule has 152 valence electrons. The van der Waals surface area contributed by atoms with E-state index in [9.17, 15) is 9.59 Å². The number of aromatic nitrogens is 2. The Morgan fingerprint density at radius 1 is 1.17 bits per heavy atom. The molecular formula is C22H25N3O3S. The van der Waals surface area contributed by atoms with Crippen molar-refractivity contribution in [1.29, 1.82) is 0 Å². The lowest BCUT2D eigenvalue weighted by atomic mass is 10.0. The zero-order valence-electron chi connectivity index (χ0n) is 16.6. The van der Waals surface area contributed by atoms with Gasteiger partial charge in [0.1, 0.15) is 12.4 Å². The Labute approximate surface area is 174 Å². The lowest BCUT2D eigenvalue weighted by Gasteiger charge is -2.10. The Kier molecular flexibility index (Phi) is 6.82. The monoisotopic (exact) mass is 411 g/mol. The fourth-order valence-electron chi connectivity index (χ4n) is 3.01. The molecule has 1 heterocycles. The lowest BCUT2D eigenvalue weighted by molar-refractivity contribution is -0.121. The van der Waals surface area contributed by atoms with E-state index in [1.807, 2.05) is 30.3 Å². The fourth-order valence-corrected chi connectivity index (χ4v) is 3.30. The van der Waals surface area contributed by atoms with Crippen LogP contribution in [0.5, 0.6) is 5.75 Å². The summed E-state index contributed by atoms with van der Waals surface area (Å²) in [6.07, 6.45) is 0.165. The molecule has 7 heteroatoms. The number of nitrogens with one attached hydrogen (secondary N) is 2. The number of rotatable bonds is 8. The van der Waals surface area contributed by atoms with E-state index in [0.29, 0.717) is 34.7 Å². The number of ether oxygens (including phenoxy) is 1. The first-order valence-electron chi connectivity index (χ1n) is 9.67. The molecule has 1 amide bonds. The Hall–Kier alpha value is -2.93. The van der Waals surface area contributed by atoms with Crippen LogP contribution in [-0.4, -0.2) is 28.6 Å². The first-order valence-corrected chi connectivity index (χ1v) is 10.1.